The highest BCUT2D eigenvalue weighted by Crippen LogP contribution is 2.26. The maximum absolute atomic E-state index is 6.13. The van der Waals surface area contributed by atoms with Gasteiger partial charge >= 0.3 is 0 Å². The Morgan fingerprint density at radius 1 is 1.18 bits per heavy atom. The van der Waals surface area contributed by atoms with E-state index in [0.717, 1.165) is 24.8 Å². The summed E-state index contributed by atoms with van der Waals surface area (Å²) in [6.07, 6.45) is 5.72. The van der Waals surface area contributed by atoms with Crippen LogP contribution in [0.2, 0.25) is 0 Å². The maximum atomic E-state index is 6.13. The van der Waals surface area contributed by atoms with Crippen LogP contribution in [0.1, 0.15) is 51.1 Å². The van der Waals surface area contributed by atoms with Crippen molar-refractivity contribution in [2.45, 2.75) is 51.7 Å². The molecule has 3 heteroatoms. The Morgan fingerprint density at radius 2 is 1.86 bits per heavy atom. The van der Waals surface area contributed by atoms with Crippen LogP contribution in [0, 0.1) is 5.92 Å². The van der Waals surface area contributed by atoms with Crippen molar-refractivity contribution in [3.05, 3.63) is 29.8 Å². The first-order valence-corrected chi connectivity index (χ1v) is 8.57. The predicted molar refractivity (Wildman–Crippen MR) is 91.4 cm³/mol. The van der Waals surface area contributed by atoms with Crippen LogP contribution in [0.15, 0.2) is 24.3 Å². The molecule has 1 fully saturated rings. The molecule has 0 aromatic heterocycles. The van der Waals surface area contributed by atoms with Crippen LogP contribution in [-0.2, 0) is 4.74 Å². The molecule has 3 unspecified atom stereocenters. The van der Waals surface area contributed by atoms with E-state index < -0.39 is 0 Å². The molecule has 0 N–H and O–H groups in total. The molecule has 1 saturated carbocycles. The molecule has 0 amide bonds. The molecule has 0 saturated heterocycles. The van der Waals surface area contributed by atoms with E-state index in [4.69, 9.17) is 9.47 Å². The Morgan fingerprint density at radius 3 is 2.50 bits per heavy atom. The first kappa shape index (κ1) is 17.3. The fraction of sp³-hybridized carbons (Fsp3) is 0.684. The van der Waals surface area contributed by atoms with Gasteiger partial charge in [0.05, 0.1) is 19.8 Å². The van der Waals surface area contributed by atoms with E-state index in [9.17, 15) is 0 Å². The molecule has 1 aromatic rings. The monoisotopic (exact) mass is 305 g/mol. The van der Waals surface area contributed by atoms with E-state index in [2.05, 4.69) is 37.9 Å². The van der Waals surface area contributed by atoms with Gasteiger partial charge in [0.2, 0.25) is 0 Å². The topological polar surface area (TPSA) is 21.7 Å². The van der Waals surface area contributed by atoms with Gasteiger partial charge in [0.15, 0.2) is 0 Å². The lowest BCUT2D eigenvalue weighted by molar-refractivity contribution is -0.0145. The van der Waals surface area contributed by atoms with Gasteiger partial charge < -0.3 is 9.47 Å². The quantitative estimate of drug-likeness (QED) is 0.750. The van der Waals surface area contributed by atoms with Gasteiger partial charge in [0, 0.05) is 12.6 Å². The first-order valence-electron chi connectivity index (χ1n) is 8.57. The van der Waals surface area contributed by atoms with Crippen molar-refractivity contribution in [3.63, 3.8) is 0 Å². The first-order chi connectivity index (χ1) is 10.6. The van der Waals surface area contributed by atoms with Gasteiger partial charge in [-0.2, -0.15) is 0 Å². The minimum Gasteiger partial charge on any atom is -0.497 e. The Kier molecular flexibility index (Phi) is 6.71. The highest BCUT2D eigenvalue weighted by molar-refractivity contribution is 5.28. The zero-order valence-corrected chi connectivity index (χ0v) is 14.5. The van der Waals surface area contributed by atoms with Gasteiger partial charge in [-0.3, -0.25) is 4.90 Å². The van der Waals surface area contributed by atoms with E-state index in [1.807, 2.05) is 12.1 Å². The SMILES string of the molecule is COc1ccc(C(C)N(C)CCOC2CCCCC2C)cc1. The Balaban J connectivity index is 1.76. The largest absolute Gasteiger partial charge is 0.497 e. The molecule has 22 heavy (non-hydrogen) atoms. The Hall–Kier alpha value is -1.06. The van der Waals surface area contributed by atoms with E-state index >= 15 is 0 Å². The number of rotatable bonds is 7. The van der Waals surface area contributed by atoms with Crippen LogP contribution >= 0.6 is 0 Å². The van der Waals surface area contributed by atoms with E-state index in [-0.39, 0.29) is 0 Å². The van der Waals surface area contributed by atoms with Crippen molar-refractivity contribution < 1.29 is 9.47 Å². The minimum atomic E-state index is 0.387. The standard InChI is InChI=1S/C19H31NO2/c1-15-7-5-6-8-19(15)22-14-13-20(3)16(2)17-9-11-18(21-4)12-10-17/h9-12,15-16,19H,5-8,13-14H2,1-4H3. The molecule has 0 aliphatic heterocycles. The van der Waals surface area contributed by atoms with Crippen LogP contribution in [0.5, 0.6) is 5.75 Å². The average molecular weight is 305 g/mol. The van der Waals surface area contributed by atoms with Gasteiger partial charge in [0.25, 0.3) is 0 Å². The lowest BCUT2D eigenvalue weighted by Gasteiger charge is -2.30. The zero-order chi connectivity index (χ0) is 15.9. The van der Waals surface area contributed by atoms with Crippen molar-refractivity contribution in [3.8, 4) is 5.75 Å². The maximum Gasteiger partial charge on any atom is 0.118 e. The molecular formula is C19H31NO2. The summed E-state index contributed by atoms with van der Waals surface area (Å²) in [5, 5.41) is 0. The molecular weight excluding hydrogens is 274 g/mol. The Bertz CT molecular complexity index is 432. The van der Waals surface area contributed by atoms with E-state index in [0.29, 0.717) is 12.1 Å². The third-order valence-electron chi connectivity index (χ3n) is 5.07. The van der Waals surface area contributed by atoms with Gasteiger partial charge in [0.1, 0.15) is 5.75 Å². The molecule has 0 radical (unpaired) electrons. The van der Waals surface area contributed by atoms with E-state index in [1.54, 1.807) is 7.11 Å². The number of hydrogen-bond acceptors (Lipinski definition) is 3. The summed E-state index contributed by atoms with van der Waals surface area (Å²) in [4.78, 5) is 2.36. The van der Waals surface area contributed by atoms with Crippen LogP contribution < -0.4 is 4.74 Å². The van der Waals surface area contributed by atoms with E-state index in [1.165, 1.54) is 31.2 Å². The molecule has 0 heterocycles. The molecule has 124 valence electrons. The van der Waals surface area contributed by atoms with Gasteiger partial charge in [-0.05, 0) is 50.4 Å². The molecule has 3 atom stereocenters. The summed E-state index contributed by atoms with van der Waals surface area (Å²) in [6, 6.07) is 8.73. The van der Waals surface area contributed by atoms with Crippen molar-refractivity contribution in [2.75, 3.05) is 27.3 Å². The van der Waals surface area contributed by atoms with Crippen molar-refractivity contribution in [1.29, 1.82) is 0 Å². The van der Waals surface area contributed by atoms with Gasteiger partial charge in [-0.15, -0.1) is 0 Å². The Labute approximate surface area is 135 Å². The number of likely N-dealkylation sites (N-methyl/N-ethyl adjacent to an activating group) is 1. The van der Waals surface area contributed by atoms with Crippen molar-refractivity contribution in [1.82, 2.24) is 4.90 Å². The molecule has 1 aliphatic rings. The summed E-state index contributed by atoms with van der Waals surface area (Å²) in [5.74, 6) is 1.63. The number of nitrogens with zero attached hydrogens (tertiary/aromatic N) is 1. The van der Waals surface area contributed by atoms with Crippen LogP contribution in [0.25, 0.3) is 0 Å². The lowest BCUT2D eigenvalue weighted by Crippen LogP contribution is -2.31. The predicted octanol–water partition coefficient (Wildman–Crippen LogP) is 4.28. The molecule has 0 bridgehead atoms. The van der Waals surface area contributed by atoms with Crippen LogP contribution in [0.3, 0.4) is 0 Å². The number of ether oxygens (including phenoxy) is 2. The summed E-state index contributed by atoms with van der Waals surface area (Å²) in [7, 11) is 3.87. The second kappa shape index (κ2) is 8.54. The second-order valence-corrected chi connectivity index (χ2v) is 6.60. The fourth-order valence-corrected chi connectivity index (χ4v) is 3.21. The molecule has 3 nitrogen and oxygen atoms in total. The molecule has 2 rings (SSSR count). The van der Waals surface area contributed by atoms with Crippen molar-refractivity contribution in [2.24, 2.45) is 5.92 Å². The molecule has 1 aliphatic carbocycles. The molecule has 0 spiro atoms. The highest BCUT2D eigenvalue weighted by Gasteiger charge is 2.22. The van der Waals surface area contributed by atoms with Gasteiger partial charge in [-0.1, -0.05) is 31.9 Å². The minimum absolute atomic E-state index is 0.387. The third kappa shape index (κ3) is 4.72. The third-order valence-corrected chi connectivity index (χ3v) is 5.07. The van der Waals surface area contributed by atoms with Crippen LogP contribution in [-0.4, -0.2) is 38.3 Å². The number of hydrogen-bond donors (Lipinski definition) is 0. The fourth-order valence-electron chi connectivity index (χ4n) is 3.21. The van der Waals surface area contributed by atoms with Crippen LogP contribution in [0.4, 0.5) is 0 Å². The smallest absolute Gasteiger partial charge is 0.118 e. The van der Waals surface area contributed by atoms with Gasteiger partial charge in [-0.25, -0.2) is 0 Å². The second-order valence-electron chi connectivity index (χ2n) is 6.60. The van der Waals surface area contributed by atoms with Crippen molar-refractivity contribution >= 4 is 0 Å². The average Bonchev–Trinajstić information content (AvgIpc) is 2.56. The summed E-state index contributed by atoms with van der Waals surface area (Å²) in [5.41, 5.74) is 1.31. The summed E-state index contributed by atoms with van der Waals surface area (Å²) < 4.78 is 11.3. The zero-order valence-electron chi connectivity index (χ0n) is 14.5. The highest BCUT2D eigenvalue weighted by atomic mass is 16.5. The normalized spacial score (nSPS) is 23.5. The summed E-state index contributed by atoms with van der Waals surface area (Å²) in [6.45, 7) is 6.36. The lowest BCUT2D eigenvalue weighted by atomic mass is 9.88. The summed E-state index contributed by atoms with van der Waals surface area (Å²) >= 11 is 0. The molecule has 1 aromatic carbocycles. The number of methoxy groups -OCH3 is 1. The number of benzene rings is 1.